The minimum absolute atomic E-state index is 0.432. The second kappa shape index (κ2) is 8.38. The van der Waals surface area contributed by atoms with Crippen molar-refractivity contribution < 1.29 is 9.47 Å². The average Bonchev–Trinajstić information content (AvgIpc) is 2.42. The number of hydrogen-bond acceptors (Lipinski definition) is 3. The predicted octanol–water partition coefficient (Wildman–Crippen LogP) is 4.27. The summed E-state index contributed by atoms with van der Waals surface area (Å²) in [4.78, 5) is 0. The first-order chi connectivity index (χ1) is 9.47. The van der Waals surface area contributed by atoms with Gasteiger partial charge in [0.2, 0.25) is 0 Å². The van der Waals surface area contributed by atoms with Gasteiger partial charge in [-0.25, -0.2) is 0 Å². The molecule has 0 heterocycles. The molecule has 1 N–H and O–H groups in total. The zero-order chi connectivity index (χ0) is 15.1. The quantitative estimate of drug-likeness (QED) is 0.777. The summed E-state index contributed by atoms with van der Waals surface area (Å²) in [5, 5.41) is 3.97. The second-order valence-electron chi connectivity index (χ2n) is 5.47. The van der Waals surface area contributed by atoms with Crippen LogP contribution < -0.4 is 14.8 Å². The number of methoxy groups -OCH3 is 1. The molecule has 0 saturated heterocycles. The summed E-state index contributed by atoms with van der Waals surface area (Å²) in [5.41, 5.74) is 1.09. The van der Waals surface area contributed by atoms with E-state index in [1.165, 1.54) is 0 Å². The Kier molecular flexibility index (Phi) is 7.17. The number of ether oxygens (including phenoxy) is 2. The lowest BCUT2D eigenvalue weighted by Crippen LogP contribution is -2.21. The maximum atomic E-state index is 6.32. The molecule has 0 amide bonds. The van der Waals surface area contributed by atoms with Gasteiger partial charge < -0.3 is 14.8 Å². The van der Waals surface area contributed by atoms with E-state index in [-0.39, 0.29) is 0 Å². The van der Waals surface area contributed by atoms with Crippen molar-refractivity contribution in [3.8, 4) is 11.5 Å². The fourth-order valence-electron chi connectivity index (χ4n) is 1.68. The molecule has 114 valence electrons. The fourth-order valence-corrected chi connectivity index (χ4v) is 1.97. The third kappa shape index (κ3) is 5.22. The third-order valence-corrected chi connectivity index (χ3v) is 3.49. The van der Waals surface area contributed by atoms with Crippen LogP contribution in [0.15, 0.2) is 12.1 Å². The molecule has 0 aliphatic carbocycles. The minimum Gasteiger partial charge on any atom is -0.493 e. The molecule has 0 fully saturated rings. The van der Waals surface area contributed by atoms with E-state index in [0.29, 0.717) is 35.1 Å². The molecule has 0 bridgehead atoms. The maximum absolute atomic E-state index is 6.32. The van der Waals surface area contributed by atoms with E-state index in [1.807, 2.05) is 12.1 Å². The van der Waals surface area contributed by atoms with Gasteiger partial charge in [-0.2, -0.15) is 0 Å². The largest absolute Gasteiger partial charge is 0.493 e. The fraction of sp³-hybridized carbons (Fsp3) is 0.625. The first kappa shape index (κ1) is 17.1. The van der Waals surface area contributed by atoms with Gasteiger partial charge >= 0.3 is 0 Å². The van der Waals surface area contributed by atoms with E-state index in [1.54, 1.807) is 7.11 Å². The molecule has 0 radical (unpaired) electrons. The standard InChI is InChI=1S/C16H26ClNO2/c1-6-12(4)10-20-16-14(17)7-13(8-15(16)19-5)9-18-11(2)3/h7-8,11-12,18H,6,9-10H2,1-5H3. The number of halogens is 1. The summed E-state index contributed by atoms with van der Waals surface area (Å²) < 4.78 is 11.2. The molecule has 20 heavy (non-hydrogen) atoms. The zero-order valence-corrected chi connectivity index (χ0v) is 13.9. The van der Waals surface area contributed by atoms with Crippen LogP contribution in [0.5, 0.6) is 11.5 Å². The van der Waals surface area contributed by atoms with E-state index in [2.05, 4.69) is 33.0 Å². The lowest BCUT2D eigenvalue weighted by Gasteiger charge is -2.17. The molecule has 1 unspecified atom stereocenters. The van der Waals surface area contributed by atoms with Crippen molar-refractivity contribution in [1.29, 1.82) is 0 Å². The van der Waals surface area contributed by atoms with Gasteiger partial charge in [0.05, 0.1) is 18.7 Å². The van der Waals surface area contributed by atoms with Crippen molar-refractivity contribution in [1.82, 2.24) is 5.32 Å². The summed E-state index contributed by atoms with van der Waals surface area (Å²) in [6, 6.07) is 4.35. The number of nitrogens with one attached hydrogen (secondary N) is 1. The molecule has 0 saturated carbocycles. The Balaban J connectivity index is 2.84. The topological polar surface area (TPSA) is 30.5 Å². The summed E-state index contributed by atoms with van der Waals surface area (Å²) in [6.07, 6.45) is 1.08. The van der Waals surface area contributed by atoms with Crippen molar-refractivity contribution in [3.63, 3.8) is 0 Å². The lowest BCUT2D eigenvalue weighted by molar-refractivity contribution is 0.244. The molecule has 1 aromatic carbocycles. The average molecular weight is 300 g/mol. The molecule has 0 aliphatic rings. The van der Waals surface area contributed by atoms with Gasteiger partial charge in [0, 0.05) is 12.6 Å². The van der Waals surface area contributed by atoms with Gasteiger partial charge in [0.25, 0.3) is 0 Å². The Bertz CT molecular complexity index is 421. The van der Waals surface area contributed by atoms with E-state index in [0.717, 1.165) is 18.5 Å². The molecular weight excluding hydrogens is 274 g/mol. The maximum Gasteiger partial charge on any atom is 0.179 e. The Labute approximate surface area is 127 Å². The van der Waals surface area contributed by atoms with Crippen molar-refractivity contribution in [3.05, 3.63) is 22.7 Å². The first-order valence-corrected chi connectivity index (χ1v) is 7.58. The van der Waals surface area contributed by atoms with E-state index in [4.69, 9.17) is 21.1 Å². The molecule has 0 spiro atoms. The van der Waals surface area contributed by atoms with Crippen LogP contribution in [0.25, 0.3) is 0 Å². The molecule has 1 atom stereocenters. The van der Waals surface area contributed by atoms with Crippen LogP contribution in [-0.2, 0) is 6.54 Å². The normalized spacial score (nSPS) is 12.6. The van der Waals surface area contributed by atoms with E-state index in [9.17, 15) is 0 Å². The van der Waals surface area contributed by atoms with Crippen LogP contribution in [-0.4, -0.2) is 19.8 Å². The van der Waals surface area contributed by atoms with Crippen molar-refractivity contribution in [2.75, 3.05) is 13.7 Å². The highest BCUT2D eigenvalue weighted by atomic mass is 35.5. The van der Waals surface area contributed by atoms with Crippen molar-refractivity contribution in [2.45, 2.75) is 46.7 Å². The van der Waals surface area contributed by atoms with Crippen LogP contribution in [0.1, 0.15) is 39.7 Å². The predicted molar refractivity (Wildman–Crippen MR) is 84.9 cm³/mol. The highest BCUT2D eigenvalue weighted by Gasteiger charge is 2.13. The summed E-state index contributed by atoms with van der Waals surface area (Å²) in [7, 11) is 1.64. The highest BCUT2D eigenvalue weighted by molar-refractivity contribution is 6.32. The second-order valence-corrected chi connectivity index (χ2v) is 5.88. The Morgan fingerprint density at radius 2 is 1.95 bits per heavy atom. The van der Waals surface area contributed by atoms with Crippen LogP contribution in [0, 0.1) is 5.92 Å². The first-order valence-electron chi connectivity index (χ1n) is 7.20. The van der Waals surface area contributed by atoms with E-state index >= 15 is 0 Å². The molecule has 1 aromatic rings. The monoisotopic (exact) mass is 299 g/mol. The van der Waals surface area contributed by atoms with Crippen LogP contribution in [0.4, 0.5) is 0 Å². The zero-order valence-electron chi connectivity index (χ0n) is 13.1. The van der Waals surface area contributed by atoms with Crippen molar-refractivity contribution >= 4 is 11.6 Å². The Morgan fingerprint density at radius 3 is 2.50 bits per heavy atom. The summed E-state index contributed by atoms with van der Waals surface area (Å²) >= 11 is 6.32. The third-order valence-electron chi connectivity index (χ3n) is 3.21. The Morgan fingerprint density at radius 1 is 1.25 bits per heavy atom. The summed E-state index contributed by atoms with van der Waals surface area (Å²) in [5.74, 6) is 1.84. The van der Waals surface area contributed by atoms with Crippen LogP contribution in [0.3, 0.4) is 0 Å². The molecule has 4 heteroatoms. The van der Waals surface area contributed by atoms with Crippen LogP contribution in [0.2, 0.25) is 5.02 Å². The van der Waals surface area contributed by atoms with Gasteiger partial charge in [0.15, 0.2) is 11.5 Å². The van der Waals surface area contributed by atoms with Gasteiger partial charge in [-0.15, -0.1) is 0 Å². The van der Waals surface area contributed by atoms with E-state index < -0.39 is 0 Å². The van der Waals surface area contributed by atoms with Gasteiger partial charge in [-0.1, -0.05) is 45.7 Å². The molecule has 1 rings (SSSR count). The summed E-state index contributed by atoms with van der Waals surface area (Å²) in [6.45, 7) is 9.94. The smallest absolute Gasteiger partial charge is 0.179 e. The van der Waals surface area contributed by atoms with Crippen LogP contribution >= 0.6 is 11.6 Å². The molecule has 0 aromatic heterocycles. The minimum atomic E-state index is 0.432. The number of benzene rings is 1. The van der Waals surface area contributed by atoms with Gasteiger partial charge in [-0.05, 0) is 23.6 Å². The molecule has 3 nitrogen and oxygen atoms in total. The van der Waals surface area contributed by atoms with Crippen molar-refractivity contribution in [2.24, 2.45) is 5.92 Å². The van der Waals surface area contributed by atoms with Gasteiger partial charge in [-0.3, -0.25) is 0 Å². The SMILES string of the molecule is CCC(C)COc1c(Cl)cc(CNC(C)C)cc1OC. The number of rotatable bonds is 8. The number of hydrogen-bond donors (Lipinski definition) is 1. The van der Waals surface area contributed by atoms with Gasteiger partial charge in [0.1, 0.15) is 0 Å². The lowest BCUT2D eigenvalue weighted by atomic mass is 10.1. The molecular formula is C16H26ClNO2. The molecule has 0 aliphatic heterocycles. The highest BCUT2D eigenvalue weighted by Crippen LogP contribution is 2.36. The Hall–Kier alpha value is -0.930.